The molecule has 112 valence electrons. The Morgan fingerprint density at radius 1 is 1.14 bits per heavy atom. The fourth-order valence-corrected chi connectivity index (χ4v) is 2.48. The Balaban J connectivity index is 1.73. The second-order valence-electron chi connectivity index (χ2n) is 5.77. The molecular formula is C18H23NO2. The van der Waals surface area contributed by atoms with Gasteiger partial charge in [0.1, 0.15) is 0 Å². The van der Waals surface area contributed by atoms with Crippen molar-refractivity contribution >= 4 is 17.8 Å². The number of ketones is 1. The van der Waals surface area contributed by atoms with Crippen LogP contribution in [0.5, 0.6) is 0 Å². The van der Waals surface area contributed by atoms with Crippen LogP contribution in [0.4, 0.5) is 0 Å². The molecule has 0 N–H and O–H groups in total. The lowest BCUT2D eigenvalue weighted by atomic mass is 9.99. The minimum atomic E-state index is 0.0116. The lowest BCUT2D eigenvalue weighted by Gasteiger charge is -2.30. The number of amides is 1. The molecule has 1 saturated heterocycles. The maximum atomic E-state index is 12.0. The SMILES string of the molecule is CC1CCN(C(=O)CCC(=O)C=Cc2ccccc2)CC1. The van der Waals surface area contributed by atoms with Crippen LogP contribution < -0.4 is 0 Å². The lowest BCUT2D eigenvalue weighted by Crippen LogP contribution is -2.37. The van der Waals surface area contributed by atoms with Gasteiger partial charge < -0.3 is 4.90 Å². The summed E-state index contributed by atoms with van der Waals surface area (Å²) in [7, 11) is 0. The molecule has 0 saturated carbocycles. The van der Waals surface area contributed by atoms with Crippen LogP contribution in [0.25, 0.3) is 6.08 Å². The summed E-state index contributed by atoms with van der Waals surface area (Å²) in [6.45, 7) is 3.90. The van der Waals surface area contributed by atoms with Crippen molar-refractivity contribution in [2.24, 2.45) is 5.92 Å². The van der Waals surface area contributed by atoms with Gasteiger partial charge in [0.15, 0.2) is 5.78 Å². The van der Waals surface area contributed by atoms with Gasteiger partial charge in [-0.1, -0.05) is 43.3 Å². The number of carbonyl (C=O) groups is 2. The van der Waals surface area contributed by atoms with Crippen LogP contribution in [0, 0.1) is 5.92 Å². The summed E-state index contributed by atoms with van der Waals surface area (Å²) in [5, 5.41) is 0. The predicted molar refractivity (Wildman–Crippen MR) is 84.7 cm³/mol. The van der Waals surface area contributed by atoms with Crippen molar-refractivity contribution < 1.29 is 9.59 Å². The normalized spacial score (nSPS) is 16.3. The molecule has 1 amide bonds. The van der Waals surface area contributed by atoms with Gasteiger partial charge in [-0.05, 0) is 30.4 Å². The molecule has 2 rings (SSSR count). The zero-order valence-corrected chi connectivity index (χ0v) is 12.6. The molecule has 0 atom stereocenters. The van der Waals surface area contributed by atoms with E-state index in [0.717, 1.165) is 31.5 Å². The second-order valence-corrected chi connectivity index (χ2v) is 5.77. The number of benzene rings is 1. The Hall–Kier alpha value is -1.90. The summed E-state index contributed by atoms with van der Waals surface area (Å²) in [5.74, 6) is 0.838. The van der Waals surface area contributed by atoms with Gasteiger partial charge in [-0.2, -0.15) is 0 Å². The first-order chi connectivity index (χ1) is 10.1. The number of carbonyl (C=O) groups excluding carboxylic acids is 2. The van der Waals surface area contributed by atoms with Crippen molar-refractivity contribution in [3.8, 4) is 0 Å². The van der Waals surface area contributed by atoms with E-state index in [1.807, 2.05) is 35.2 Å². The van der Waals surface area contributed by atoms with E-state index in [2.05, 4.69) is 6.92 Å². The first-order valence-corrected chi connectivity index (χ1v) is 7.69. The highest BCUT2D eigenvalue weighted by Crippen LogP contribution is 2.17. The van der Waals surface area contributed by atoms with E-state index in [9.17, 15) is 9.59 Å². The Bertz CT molecular complexity index is 499. The molecule has 0 spiro atoms. The van der Waals surface area contributed by atoms with E-state index < -0.39 is 0 Å². The third-order valence-electron chi connectivity index (χ3n) is 3.98. The van der Waals surface area contributed by atoms with Crippen molar-refractivity contribution in [1.82, 2.24) is 4.90 Å². The van der Waals surface area contributed by atoms with E-state index in [4.69, 9.17) is 0 Å². The molecule has 0 unspecified atom stereocenters. The van der Waals surface area contributed by atoms with Crippen LogP contribution >= 0.6 is 0 Å². The summed E-state index contributed by atoms with van der Waals surface area (Å²) in [5.41, 5.74) is 1.00. The Kier molecular flexibility index (Phi) is 5.73. The number of nitrogens with zero attached hydrogens (tertiary/aromatic N) is 1. The molecule has 21 heavy (non-hydrogen) atoms. The molecule has 3 nitrogen and oxygen atoms in total. The van der Waals surface area contributed by atoms with Gasteiger partial charge in [0, 0.05) is 25.9 Å². The van der Waals surface area contributed by atoms with Crippen LogP contribution in [0.15, 0.2) is 36.4 Å². The maximum absolute atomic E-state index is 12.0. The first-order valence-electron chi connectivity index (χ1n) is 7.69. The first kappa shape index (κ1) is 15.5. The second kappa shape index (κ2) is 7.77. The van der Waals surface area contributed by atoms with Crippen LogP contribution in [0.1, 0.15) is 38.2 Å². The summed E-state index contributed by atoms with van der Waals surface area (Å²) in [4.78, 5) is 25.7. The smallest absolute Gasteiger partial charge is 0.223 e. The van der Waals surface area contributed by atoms with Crippen molar-refractivity contribution in [2.45, 2.75) is 32.6 Å². The average Bonchev–Trinajstić information content (AvgIpc) is 2.52. The lowest BCUT2D eigenvalue weighted by molar-refractivity contribution is -0.133. The molecule has 1 aromatic rings. The summed E-state index contributed by atoms with van der Waals surface area (Å²) in [6.07, 6.45) is 6.15. The minimum absolute atomic E-state index is 0.0116. The monoisotopic (exact) mass is 285 g/mol. The maximum Gasteiger partial charge on any atom is 0.223 e. The van der Waals surface area contributed by atoms with E-state index in [0.29, 0.717) is 18.8 Å². The predicted octanol–water partition coefficient (Wildman–Crippen LogP) is 3.31. The fourth-order valence-electron chi connectivity index (χ4n) is 2.48. The van der Waals surface area contributed by atoms with Crippen LogP contribution in [-0.4, -0.2) is 29.7 Å². The van der Waals surface area contributed by atoms with Gasteiger partial charge in [0.2, 0.25) is 5.91 Å². The third-order valence-corrected chi connectivity index (χ3v) is 3.98. The topological polar surface area (TPSA) is 37.4 Å². The van der Waals surface area contributed by atoms with E-state index >= 15 is 0 Å². The Morgan fingerprint density at radius 3 is 2.48 bits per heavy atom. The van der Waals surface area contributed by atoms with Gasteiger partial charge in [0.05, 0.1) is 0 Å². The number of piperidine rings is 1. The van der Waals surface area contributed by atoms with E-state index in [-0.39, 0.29) is 11.7 Å². The molecule has 0 aliphatic carbocycles. The van der Waals surface area contributed by atoms with E-state index in [1.54, 1.807) is 12.2 Å². The summed E-state index contributed by atoms with van der Waals surface area (Å²) < 4.78 is 0. The molecule has 1 aliphatic rings. The fraction of sp³-hybridized carbons (Fsp3) is 0.444. The molecule has 1 aliphatic heterocycles. The number of likely N-dealkylation sites (tertiary alicyclic amines) is 1. The Morgan fingerprint density at radius 2 is 1.81 bits per heavy atom. The van der Waals surface area contributed by atoms with Crippen LogP contribution in [-0.2, 0) is 9.59 Å². The van der Waals surface area contributed by atoms with Gasteiger partial charge >= 0.3 is 0 Å². The van der Waals surface area contributed by atoms with Gasteiger partial charge in [-0.25, -0.2) is 0 Å². The molecule has 1 aromatic carbocycles. The number of rotatable bonds is 5. The summed E-state index contributed by atoms with van der Waals surface area (Å²) in [6, 6.07) is 9.71. The minimum Gasteiger partial charge on any atom is -0.343 e. The van der Waals surface area contributed by atoms with Crippen molar-refractivity contribution in [1.29, 1.82) is 0 Å². The third kappa shape index (κ3) is 5.18. The van der Waals surface area contributed by atoms with Crippen molar-refractivity contribution in [2.75, 3.05) is 13.1 Å². The molecule has 0 bridgehead atoms. The highest BCUT2D eigenvalue weighted by molar-refractivity contribution is 5.95. The van der Waals surface area contributed by atoms with Crippen LogP contribution in [0.2, 0.25) is 0 Å². The largest absolute Gasteiger partial charge is 0.343 e. The zero-order chi connectivity index (χ0) is 15.1. The van der Waals surface area contributed by atoms with Crippen LogP contribution in [0.3, 0.4) is 0 Å². The standard InChI is InChI=1S/C18H23NO2/c1-15-11-13-19(14-12-15)18(21)10-9-17(20)8-7-16-5-3-2-4-6-16/h2-8,15H,9-14H2,1H3. The van der Waals surface area contributed by atoms with Gasteiger partial charge in [-0.15, -0.1) is 0 Å². The molecule has 0 aromatic heterocycles. The molecule has 1 fully saturated rings. The Labute approximate surface area is 126 Å². The average molecular weight is 285 g/mol. The molecule has 3 heteroatoms. The van der Waals surface area contributed by atoms with Crippen molar-refractivity contribution in [3.63, 3.8) is 0 Å². The number of hydrogen-bond donors (Lipinski definition) is 0. The highest BCUT2D eigenvalue weighted by Gasteiger charge is 2.20. The number of allylic oxidation sites excluding steroid dienone is 1. The van der Waals surface area contributed by atoms with Gasteiger partial charge in [0.25, 0.3) is 0 Å². The van der Waals surface area contributed by atoms with Crippen molar-refractivity contribution in [3.05, 3.63) is 42.0 Å². The molecular weight excluding hydrogens is 262 g/mol. The highest BCUT2D eigenvalue weighted by atomic mass is 16.2. The summed E-state index contributed by atoms with van der Waals surface area (Å²) >= 11 is 0. The molecule has 1 heterocycles. The number of hydrogen-bond acceptors (Lipinski definition) is 2. The molecule has 0 radical (unpaired) electrons. The zero-order valence-electron chi connectivity index (χ0n) is 12.6. The quantitative estimate of drug-likeness (QED) is 0.778. The van der Waals surface area contributed by atoms with E-state index in [1.165, 1.54) is 0 Å². The van der Waals surface area contributed by atoms with Gasteiger partial charge in [-0.3, -0.25) is 9.59 Å².